The van der Waals surface area contributed by atoms with Crippen molar-refractivity contribution in [1.29, 1.82) is 0 Å². The van der Waals surface area contributed by atoms with Crippen LogP contribution in [0.4, 0.5) is 5.69 Å². The number of carbonyl (C=O) groups is 2. The van der Waals surface area contributed by atoms with Crippen molar-refractivity contribution in [2.45, 2.75) is 11.8 Å². The van der Waals surface area contributed by atoms with Gasteiger partial charge in [0.2, 0.25) is 0 Å². The lowest BCUT2D eigenvalue weighted by atomic mass is 10.2. The molecule has 0 fully saturated rings. The Labute approximate surface area is 150 Å². The third-order valence-corrected chi connectivity index (χ3v) is 4.69. The van der Waals surface area contributed by atoms with Crippen molar-refractivity contribution in [3.63, 3.8) is 0 Å². The van der Waals surface area contributed by atoms with E-state index in [0.29, 0.717) is 0 Å². The first-order valence-electron chi connectivity index (χ1n) is 7.50. The van der Waals surface area contributed by atoms with Crippen LogP contribution < -0.4 is 4.72 Å². The van der Waals surface area contributed by atoms with Gasteiger partial charge in [0.25, 0.3) is 10.0 Å². The molecule has 0 atom stereocenters. The molecule has 0 radical (unpaired) electrons. The summed E-state index contributed by atoms with van der Waals surface area (Å²) in [5.74, 6) is -1.82. The summed E-state index contributed by atoms with van der Waals surface area (Å²) in [4.78, 5) is 23.0. The van der Waals surface area contributed by atoms with Crippen molar-refractivity contribution in [2.24, 2.45) is 0 Å². The number of hydrogen-bond donors (Lipinski definition) is 2. The number of anilines is 1. The molecule has 2 aromatic rings. The van der Waals surface area contributed by atoms with Gasteiger partial charge in [0.15, 0.2) is 0 Å². The van der Waals surface area contributed by atoms with Crippen LogP contribution in [0.2, 0.25) is 0 Å². The Hall–Kier alpha value is -3.07. The molecule has 8 nitrogen and oxygen atoms in total. The molecule has 0 saturated heterocycles. The first-order chi connectivity index (χ1) is 12.3. The Balaban J connectivity index is 2.29. The van der Waals surface area contributed by atoms with Crippen molar-refractivity contribution >= 4 is 27.6 Å². The summed E-state index contributed by atoms with van der Waals surface area (Å²) in [5.41, 5.74) is 0.0371. The van der Waals surface area contributed by atoms with Crippen LogP contribution in [0.25, 0.3) is 0 Å². The van der Waals surface area contributed by atoms with E-state index in [9.17, 15) is 23.1 Å². The van der Waals surface area contributed by atoms with Crippen LogP contribution in [0.5, 0.6) is 5.75 Å². The van der Waals surface area contributed by atoms with Crippen LogP contribution in [0.15, 0.2) is 47.4 Å². The van der Waals surface area contributed by atoms with E-state index in [-0.39, 0.29) is 28.3 Å². The number of methoxy groups -OCH3 is 1. The first kappa shape index (κ1) is 19.3. The van der Waals surface area contributed by atoms with Crippen LogP contribution in [0, 0.1) is 0 Å². The van der Waals surface area contributed by atoms with Gasteiger partial charge in [0, 0.05) is 6.07 Å². The smallest absolute Gasteiger partial charge is 0.341 e. The fraction of sp³-hybridized carbons (Fsp3) is 0.176. The number of nitrogens with one attached hydrogen (secondary N) is 1. The molecule has 0 spiro atoms. The Morgan fingerprint density at radius 2 is 1.85 bits per heavy atom. The van der Waals surface area contributed by atoms with E-state index in [1.807, 2.05) is 0 Å². The minimum Gasteiger partial charge on any atom is -0.507 e. The lowest BCUT2D eigenvalue weighted by molar-refractivity contribution is 0.0525. The van der Waals surface area contributed by atoms with Gasteiger partial charge in [-0.2, -0.15) is 0 Å². The monoisotopic (exact) mass is 379 g/mol. The minimum absolute atomic E-state index is 0.0386. The number of phenols is 1. The van der Waals surface area contributed by atoms with E-state index in [1.54, 1.807) is 6.92 Å². The normalized spacial score (nSPS) is 10.8. The minimum atomic E-state index is -4.02. The van der Waals surface area contributed by atoms with Crippen molar-refractivity contribution in [1.82, 2.24) is 0 Å². The lowest BCUT2D eigenvalue weighted by Gasteiger charge is -2.10. The summed E-state index contributed by atoms with van der Waals surface area (Å²) in [6, 6.07) is 8.97. The maximum Gasteiger partial charge on any atom is 0.341 e. The quantitative estimate of drug-likeness (QED) is 0.738. The number of esters is 2. The van der Waals surface area contributed by atoms with Crippen molar-refractivity contribution in [2.75, 3.05) is 18.4 Å². The summed E-state index contributed by atoms with van der Waals surface area (Å²) >= 11 is 0. The maximum absolute atomic E-state index is 12.5. The molecule has 0 amide bonds. The highest BCUT2D eigenvalue weighted by Crippen LogP contribution is 2.25. The van der Waals surface area contributed by atoms with Gasteiger partial charge in [-0.3, -0.25) is 4.72 Å². The predicted molar refractivity (Wildman–Crippen MR) is 92.7 cm³/mol. The zero-order valence-electron chi connectivity index (χ0n) is 14.1. The zero-order chi connectivity index (χ0) is 19.3. The van der Waals surface area contributed by atoms with Crippen LogP contribution in [-0.2, 0) is 19.5 Å². The molecule has 9 heteroatoms. The Morgan fingerprint density at radius 1 is 1.12 bits per heavy atom. The molecular weight excluding hydrogens is 362 g/mol. The van der Waals surface area contributed by atoms with Crippen LogP contribution in [-0.4, -0.2) is 39.2 Å². The second-order valence-corrected chi connectivity index (χ2v) is 6.76. The molecule has 2 N–H and O–H groups in total. The molecule has 0 saturated carbocycles. The Kier molecular flexibility index (Phi) is 5.83. The molecular formula is C17H17NO7S. The van der Waals surface area contributed by atoms with Crippen molar-refractivity contribution in [3.05, 3.63) is 53.6 Å². The highest BCUT2D eigenvalue weighted by molar-refractivity contribution is 7.92. The van der Waals surface area contributed by atoms with Gasteiger partial charge in [-0.1, -0.05) is 6.07 Å². The van der Waals surface area contributed by atoms with Gasteiger partial charge in [-0.25, -0.2) is 18.0 Å². The van der Waals surface area contributed by atoms with Gasteiger partial charge >= 0.3 is 11.9 Å². The molecule has 0 unspecified atom stereocenters. The summed E-state index contributed by atoms with van der Waals surface area (Å²) in [6.45, 7) is 1.81. The summed E-state index contributed by atoms with van der Waals surface area (Å²) in [5, 5.41) is 9.84. The third kappa shape index (κ3) is 4.31. The number of phenolic OH excluding ortho intramolecular Hbond substituents is 1. The van der Waals surface area contributed by atoms with E-state index in [4.69, 9.17) is 4.74 Å². The molecule has 0 aliphatic heterocycles. The molecule has 26 heavy (non-hydrogen) atoms. The molecule has 0 aromatic heterocycles. The molecule has 2 rings (SSSR count). The molecule has 138 valence electrons. The van der Waals surface area contributed by atoms with E-state index in [1.165, 1.54) is 36.4 Å². The van der Waals surface area contributed by atoms with Gasteiger partial charge in [0.05, 0.1) is 29.9 Å². The number of hydrogen-bond acceptors (Lipinski definition) is 7. The fourth-order valence-corrected chi connectivity index (χ4v) is 3.19. The largest absolute Gasteiger partial charge is 0.507 e. The van der Waals surface area contributed by atoms with E-state index in [0.717, 1.165) is 13.2 Å². The zero-order valence-corrected chi connectivity index (χ0v) is 14.9. The van der Waals surface area contributed by atoms with Gasteiger partial charge in [-0.15, -0.1) is 0 Å². The van der Waals surface area contributed by atoms with Crippen LogP contribution >= 0.6 is 0 Å². The lowest BCUT2D eigenvalue weighted by Crippen LogP contribution is -2.14. The third-order valence-electron chi connectivity index (χ3n) is 3.31. The molecule has 0 heterocycles. The molecule has 0 bridgehead atoms. The summed E-state index contributed by atoms with van der Waals surface area (Å²) in [7, 11) is -2.86. The number of carbonyl (C=O) groups excluding carboxylic acids is 2. The standard InChI is InChI=1S/C17H17NO7S/c1-3-25-16(20)11-5-4-6-13(9-11)26(22,23)18-12-7-8-14(15(19)10-12)17(21)24-2/h4-10,18-19H,3H2,1-2H3. The van der Waals surface area contributed by atoms with E-state index in [2.05, 4.69) is 9.46 Å². The van der Waals surface area contributed by atoms with Crippen molar-refractivity contribution in [3.8, 4) is 5.75 Å². The predicted octanol–water partition coefficient (Wildman–Crippen LogP) is 2.16. The Bertz CT molecular complexity index is 938. The average Bonchev–Trinajstić information content (AvgIpc) is 2.61. The van der Waals surface area contributed by atoms with Crippen molar-refractivity contribution < 1.29 is 32.6 Å². The highest BCUT2D eigenvalue weighted by Gasteiger charge is 2.18. The van der Waals surface area contributed by atoms with Gasteiger partial charge < -0.3 is 14.6 Å². The average molecular weight is 379 g/mol. The number of aromatic hydroxyl groups is 1. The SMILES string of the molecule is CCOC(=O)c1cccc(S(=O)(=O)Nc2ccc(C(=O)OC)c(O)c2)c1. The maximum atomic E-state index is 12.5. The Morgan fingerprint density at radius 3 is 2.46 bits per heavy atom. The van der Waals surface area contributed by atoms with E-state index >= 15 is 0 Å². The second-order valence-electron chi connectivity index (χ2n) is 5.08. The number of sulfonamides is 1. The molecule has 0 aliphatic carbocycles. The van der Waals surface area contributed by atoms with Crippen LogP contribution in [0.1, 0.15) is 27.6 Å². The number of benzene rings is 2. The van der Waals surface area contributed by atoms with Gasteiger partial charge in [-0.05, 0) is 37.3 Å². The molecule has 0 aliphatic rings. The first-order valence-corrected chi connectivity index (χ1v) is 8.98. The molecule has 2 aromatic carbocycles. The number of rotatable bonds is 6. The fourth-order valence-electron chi connectivity index (χ4n) is 2.10. The summed E-state index contributed by atoms with van der Waals surface area (Å²) in [6.07, 6.45) is 0. The van der Waals surface area contributed by atoms with E-state index < -0.39 is 27.7 Å². The highest BCUT2D eigenvalue weighted by atomic mass is 32.2. The number of ether oxygens (including phenoxy) is 2. The second kappa shape index (κ2) is 7.87. The van der Waals surface area contributed by atoms with Crippen LogP contribution in [0.3, 0.4) is 0 Å². The summed E-state index contributed by atoms with van der Waals surface area (Å²) < 4.78 is 36.6. The van der Waals surface area contributed by atoms with Gasteiger partial charge in [0.1, 0.15) is 11.3 Å². The topological polar surface area (TPSA) is 119 Å².